The summed E-state index contributed by atoms with van der Waals surface area (Å²) in [5.41, 5.74) is 0. The molecular formula is C11H19N3. The SMILES string of the molecule is CC(c1nccn1C)N1CCCCC1. The maximum Gasteiger partial charge on any atom is 0.125 e. The van der Waals surface area contributed by atoms with Gasteiger partial charge in [-0.15, -0.1) is 0 Å². The summed E-state index contributed by atoms with van der Waals surface area (Å²) >= 11 is 0. The van der Waals surface area contributed by atoms with Crippen molar-refractivity contribution in [2.45, 2.75) is 32.2 Å². The van der Waals surface area contributed by atoms with Gasteiger partial charge in [0, 0.05) is 19.4 Å². The number of nitrogens with zero attached hydrogens (tertiary/aromatic N) is 3. The summed E-state index contributed by atoms with van der Waals surface area (Å²) in [7, 11) is 2.07. The minimum absolute atomic E-state index is 0.468. The minimum Gasteiger partial charge on any atom is -0.337 e. The molecule has 0 aliphatic carbocycles. The van der Waals surface area contributed by atoms with E-state index < -0.39 is 0 Å². The van der Waals surface area contributed by atoms with Crippen molar-refractivity contribution < 1.29 is 0 Å². The Morgan fingerprint density at radius 2 is 2.00 bits per heavy atom. The summed E-state index contributed by atoms with van der Waals surface area (Å²) in [5, 5.41) is 0. The molecule has 1 atom stereocenters. The normalized spacial score (nSPS) is 21.0. The van der Waals surface area contributed by atoms with Crippen molar-refractivity contribution >= 4 is 0 Å². The van der Waals surface area contributed by atoms with Gasteiger partial charge in [-0.2, -0.15) is 0 Å². The maximum absolute atomic E-state index is 4.41. The lowest BCUT2D eigenvalue weighted by atomic mass is 10.1. The Morgan fingerprint density at radius 1 is 1.29 bits per heavy atom. The number of aryl methyl sites for hydroxylation is 1. The highest BCUT2D eigenvalue weighted by Gasteiger charge is 2.20. The van der Waals surface area contributed by atoms with Gasteiger partial charge in [-0.25, -0.2) is 4.98 Å². The monoisotopic (exact) mass is 193 g/mol. The molecule has 2 rings (SSSR count). The second kappa shape index (κ2) is 4.13. The second-order valence-corrected chi connectivity index (χ2v) is 4.17. The lowest BCUT2D eigenvalue weighted by molar-refractivity contribution is 0.166. The molecule has 78 valence electrons. The summed E-state index contributed by atoms with van der Waals surface area (Å²) in [5.74, 6) is 1.19. The topological polar surface area (TPSA) is 21.1 Å². The van der Waals surface area contributed by atoms with Gasteiger partial charge in [-0.1, -0.05) is 6.42 Å². The van der Waals surface area contributed by atoms with E-state index in [2.05, 4.69) is 28.4 Å². The lowest BCUT2D eigenvalue weighted by Crippen LogP contribution is -2.33. The minimum atomic E-state index is 0.468. The molecule has 0 N–H and O–H groups in total. The van der Waals surface area contributed by atoms with E-state index in [1.54, 1.807) is 0 Å². The van der Waals surface area contributed by atoms with Crippen LogP contribution in [0.2, 0.25) is 0 Å². The van der Waals surface area contributed by atoms with Crippen LogP contribution >= 0.6 is 0 Å². The van der Waals surface area contributed by atoms with Crippen LogP contribution in [0.25, 0.3) is 0 Å². The molecule has 14 heavy (non-hydrogen) atoms. The number of aromatic nitrogens is 2. The van der Waals surface area contributed by atoms with Crippen LogP contribution in [0, 0.1) is 0 Å². The maximum atomic E-state index is 4.41. The van der Waals surface area contributed by atoms with Crippen LogP contribution < -0.4 is 0 Å². The van der Waals surface area contributed by atoms with Gasteiger partial charge in [-0.05, 0) is 32.9 Å². The van der Waals surface area contributed by atoms with E-state index in [1.165, 1.54) is 38.2 Å². The first-order valence-corrected chi connectivity index (χ1v) is 5.50. The van der Waals surface area contributed by atoms with Crippen molar-refractivity contribution in [3.63, 3.8) is 0 Å². The van der Waals surface area contributed by atoms with Crippen molar-refractivity contribution in [1.29, 1.82) is 0 Å². The Kier molecular flexibility index (Phi) is 2.87. The van der Waals surface area contributed by atoms with E-state index in [4.69, 9.17) is 0 Å². The smallest absolute Gasteiger partial charge is 0.125 e. The van der Waals surface area contributed by atoms with Crippen molar-refractivity contribution in [2.75, 3.05) is 13.1 Å². The van der Waals surface area contributed by atoms with Gasteiger partial charge < -0.3 is 4.57 Å². The highest BCUT2D eigenvalue weighted by molar-refractivity contribution is 4.98. The fourth-order valence-corrected chi connectivity index (χ4v) is 2.25. The third-order valence-electron chi connectivity index (χ3n) is 3.17. The molecule has 1 aromatic heterocycles. The first kappa shape index (κ1) is 9.71. The van der Waals surface area contributed by atoms with Gasteiger partial charge >= 0.3 is 0 Å². The van der Waals surface area contributed by atoms with Gasteiger partial charge in [0.25, 0.3) is 0 Å². The van der Waals surface area contributed by atoms with E-state index >= 15 is 0 Å². The lowest BCUT2D eigenvalue weighted by Gasteiger charge is -2.31. The van der Waals surface area contributed by atoms with Crippen LogP contribution in [0.5, 0.6) is 0 Å². The third kappa shape index (κ3) is 1.82. The zero-order valence-corrected chi connectivity index (χ0v) is 9.11. The van der Waals surface area contributed by atoms with Crippen LogP contribution in [-0.2, 0) is 7.05 Å². The van der Waals surface area contributed by atoms with Crippen molar-refractivity contribution in [3.8, 4) is 0 Å². The Labute approximate surface area is 85.7 Å². The Balaban J connectivity index is 2.07. The molecule has 3 nitrogen and oxygen atoms in total. The molecule has 3 heteroatoms. The molecule has 0 amide bonds. The highest BCUT2D eigenvalue weighted by atomic mass is 15.2. The van der Waals surface area contributed by atoms with Gasteiger partial charge in [0.05, 0.1) is 6.04 Å². The van der Waals surface area contributed by atoms with Gasteiger partial charge in [0.1, 0.15) is 5.82 Å². The summed E-state index contributed by atoms with van der Waals surface area (Å²) in [6.07, 6.45) is 7.98. The molecule has 0 saturated carbocycles. The van der Waals surface area contributed by atoms with Gasteiger partial charge in [-0.3, -0.25) is 4.90 Å². The molecule has 0 bridgehead atoms. The Morgan fingerprint density at radius 3 is 2.57 bits per heavy atom. The molecule has 0 radical (unpaired) electrons. The number of piperidine rings is 1. The molecule has 1 fully saturated rings. The number of hydrogen-bond acceptors (Lipinski definition) is 2. The van der Waals surface area contributed by atoms with E-state index in [0.717, 1.165) is 0 Å². The standard InChI is InChI=1S/C11H19N3/c1-10(11-12-6-9-13(11)2)14-7-4-3-5-8-14/h6,9-10H,3-5,7-8H2,1-2H3. The number of likely N-dealkylation sites (tertiary alicyclic amines) is 1. The summed E-state index contributed by atoms with van der Waals surface area (Å²) < 4.78 is 2.12. The van der Waals surface area contributed by atoms with Crippen LogP contribution in [0.4, 0.5) is 0 Å². The van der Waals surface area contributed by atoms with Gasteiger partial charge in [0.15, 0.2) is 0 Å². The fourth-order valence-electron chi connectivity index (χ4n) is 2.25. The molecule has 2 heterocycles. The summed E-state index contributed by atoms with van der Waals surface area (Å²) in [6.45, 7) is 4.72. The first-order valence-electron chi connectivity index (χ1n) is 5.50. The largest absolute Gasteiger partial charge is 0.337 e. The van der Waals surface area contributed by atoms with E-state index in [1.807, 2.05) is 12.4 Å². The average Bonchev–Trinajstić information content (AvgIpc) is 2.65. The van der Waals surface area contributed by atoms with Gasteiger partial charge in [0.2, 0.25) is 0 Å². The summed E-state index contributed by atoms with van der Waals surface area (Å²) in [6, 6.07) is 0.468. The average molecular weight is 193 g/mol. The Bertz CT molecular complexity index is 286. The van der Waals surface area contributed by atoms with E-state index in [-0.39, 0.29) is 0 Å². The van der Waals surface area contributed by atoms with Crippen LogP contribution in [0.15, 0.2) is 12.4 Å². The molecule has 1 aromatic rings. The zero-order chi connectivity index (χ0) is 9.97. The molecule has 1 saturated heterocycles. The van der Waals surface area contributed by atoms with Crippen molar-refractivity contribution in [3.05, 3.63) is 18.2 Å². The van der Waals surface area contributed by atoms with Crippen LogP contribution in [-0.4, -0.2) is 27.5 Å². The zero-order valence-electron chi connectivity index (χ0n) is 9.11. The first-order chi connectivity index (χ1) is 6.79. The molecule has 1 aliphatic rings. The molecular weight excluding hydrogens is 174 g/mol. The molecule has 0 aromatic carbocycles. The van der Waals surface area contributed by atoms with Crippen molar-refractivity contribution in [2.24, 2.45) is 7.05 Å². The predicted octanol–water partition coefficient (Wildman–Crippen LogP) is 1.97. The highest BCUT2D eigenvalue weighted by Crippen LogP contribution is 2.22. The Hall–Kier alpha value is -0.830. The molecule has 0 spiro atoms. The molecule has 1 aliphatic heterocycles. The van der Waals surface area contributed by atoms with Crippen LogP contribution in [0.1, 0.15) is 38.1 Å². The number of hydrogen-bond donors (Lipinski definition) is 0. The predicted molar refractivity (Wildman–Crippen MR) is 57.0 cm³/mol. The van der Waals surface area contributed by atoms with E-state index in [9.17, 15) is 0 Å². The quantitative estimate of drug-likeness (QED) is 0.716. The number of rotatable bonds is 2. The third-order valence-corrected chi connectivity index (χ3v) is 3.17. The van der Waals surface area contributed by atoms with E-state index in [0.29, 0.717) is 6.04 Å². The number of imidazole rings is 1. The molecule has 1 unspecified atom stereocenters. The fraction of sp³-hybridized carbons (Fsp3) is 0.727. The summed E-state index contributed by atoms with van der Waals surface area (Å²) in [4.78, 5) is 6.95. The van der Waals surface area contributed by atoms with Crippen molar-refractivity contribution in [1.82, 2.24) is 14.5 Å². The second-order valence-electron chi connectivity index (χ2n) is 4.17. The van der Waals surface area contributed by atoms with Crippen LogP contribution in [0.3, 0.4) is 0 Å².